The highest BCUT2D eigenvalue weighted by Gasteiger charge is 2.29. The second kappa shape index (κ2) is 12.8. The molecule has 2 aliphatic rings. The fraction of sp³-hybridized carbons (Fsp3) is 0.273. The second-order valence-electron chi connectivity index (χ2n) is 10.7. The number of Topliss-reactive ketones (excluding diaryl/α,β-unsaturated/α-hetero) is 1. The van der Waals surface area contributed by atoms with Crippen LogP contribution in [0.1, 0.15) is 76.1 Å². The zero-order chi connectivity index (χ0) is 30.5. The SMILES string of the molecule is C/C=C(\NCc1cccc(CC(=O)Nc2cc(C(N[C@H]3CCc4c3ccc(C(=O)O)c4C)=C3CC3)ncn2)c1)C(=O)C=O. The summed E-state index contributed by atoms with van der Waals surface area (Å²) in [5.41, 5.74) is 8.13. The van der Waals surface area contributed by atoms with Crippen molar-refractivity contribution in [2.24, 2.45) is 0 Å². The van der Waals surface area contributed by atoms with E-state index in [9.17, 15) is 24.3 Å². The van der Waals surface area contributed by atoms with E-state index in [1.807, 2.05) is 37.3 Å². The molecule has 1 saturated carbocycles. The highest BCUT2D eigenvalue weighted by molar-refractivity contribution is 6.32. The van der Waals surface area contributed by atoms with Crippen molar-refractivity contribution in [3.05, 3.63) is 105 Å². The number of hydrogen-bond acceptors (Lipinski definition) is 8. The Hall–Kier alpha value is -5.12. The van der Waals surface area contributed by atoms with Gasteiger partial charge in [-0.15, -0.1) is 0 Å². The van der Waals surface area contributed by atoms with E-state index in [0.29, 0.717) is 23.6 Å². The van der Waals surface area contributed by atoms with Gasteiger partial charge in [0.25, 0.3) is 0 Å². The lowest BCUT2D eigenvalue weighted by molar-refractivity contribution is -0.127. The Morgan fingerprint density at radius 2 is 1.84 bits per heavy atom. The molecule has 3 aromatic rings. The van der Waals surface area contributed by atoms with Crippen LogP contribution in [-0.4, -0.2) is 39.0 Å². The number of nitrogens with zero attached hydrogens (tertiary/aromatic N) is 2. The molecular formula is C33H33N5O5. The highest BCUT2D eigenvalue weighted by atomic mass is 16.4. The summed E-state index contributed by atoms with van der Waals surface area (Å²) in [7, 11) is 0. The number of nitrogens with one attached hydrogen (secondary N) is 3. The number of hydrogen-bond donors (Lipinski definition) is 4. The number of carbonyl (C=O) groups is 4. The Balaban J connectivity index is 1.25. The molecule has 0 bridgehead atoms. The van der Waals surface area contributed by atoms with Crippen molar-refractivity contribution < 1.29 is 24.3 Å². The van der Waals surface area contributed by atoms with Gasteiger partial charge in [0.15, 0.2) is 6.29 Å². The Kier molecular flexibility index (Phi) is 8.75. The zero-order valence-corrected chi connectivity index (χ0v) is 24.1. The molecule has 4 N–H and O–H groups in total. The Morgan fingerprint density at radius 1 is 1.05 bits per heavy atom. The van der Waals surface area contributed by atoms with Gasteiger partial charge in [-0.25, -0.2) is 14.8 Å². The minimum atomic E-state index is -0.912. The molecule has 5 rings (SSSR count). The van der Waals surface area contributed by atoms with E-state index in [-0.39, 0.29) is 30.4 Å². The number of carboxylic acid groups (broad SMARTS) is 1. The first kappa shape index (κ1) is 29.4. The first-order chi connectivity index (χ1) is 20.8. The number of aldehydes is 1. The zero-order valence-electron chi connectivity index (χ0n) is 24.1. The Morgan fingerprint density at radius 3 is 2.56 bits per heavy atom. The van der Waals surface area contributed by atoms with Crippen LogP contribution in [0.5, 0.6) is 0 Å². The summed E-state index contributed by atoms with van der Waals surface area (Å²) in [6.45, 7) is 3.88. The van der Waals surface area contributed by atoms with E-state index < -0.39 is 11.8 Å². The van der Waals surface area contributed by atoms with Gasteiger partial charge in [0.1, 0.15) is 12.1 Å². The van der Waals surface area contributed by atoms with Crippen LogP contribution in [0.15, 0.2) is 66.1 Å². The van der Waals surface area contributed by atoms with Gasteiger partial charge in [-0.2, -0.15) is 0 Å². The van der Waals surface area contributed by atoms with E-state index in [2.05, 4.69) is 25.9 Å². The average molecular weight is 580 g/mol. The summed E-state index contributed by atoms with van der Waals surface area (Å²) >= 11 is 0. The molecule has 0 spiro atoms. The van der Waals surface area contributed by atoms with Crippen molar-refractivity contribution in [1.82, 2.24) is 20.6 Å². The van der Waals surface area contributed by atoms with Gasteiger partial charge in [-0.1, -0.05) is 36.4 Å². The molecule has 1 heterocycles. The van der Waals surface area contributed by atoms with Crippen LogP contribution < -0.4 is 16.0 Å². The number of fused-ring (bicyclic) bond motifs is 1. The molecule has 1 atom stereocenters. The third-order valence-corrected chi connectivity index (χ3v) is 7.79. The molecule has 0 saturated heterocycles. The van der Waals surface area contributed by atoms with Crippen molar-refractivity contribution in [3.8, 4) is 0 Å². The van der Waals surface area contributed by atoms with E-state index in [0.717, 1.165) is 59.2 Å². The topological polar surface area (TPSA) is 150 Å². The summed E-state index contributed by atoms with van der Waals surface area (Å²) < 4.78 is 0. The lowest BCUT2D eigenvalue weighted by Gasteiger charge is -2.19. The van der Waals surface area contributed by atoms with E-state index in [1.54, 1.807) is 25.1 Å². The maximum absolute atomic E-state index is 12.9. The summed E-state index contributed by atoms with van der Waals surface area (Å²) in [6, 6.07) is 12.8. The third-order valence-electron chi connectivity index (χ3n) is 7.79. The highest BCUT2D eigenvalue weighted by Crippen LogP contribution is 2.40. The number of carbonyl (C=O) groups excluding carboxylic acids is 3. The smallest absolute Gasteiger partial charge is 0.335 e. The fourth-order valence-electron chi connectivity index (χ4n) is 5.48. The predicted molar refractivity (Wildman–Crippen MR) is 161 cm³/mol. The second-order valence-corrected chi connectivity index (χ2v) is 10.7. The molecule has 10 heteroatoms. The van der Waals surface area contributed by atoms with Gasteiger partial charge >= 0.3 is 5.97 Å². The first-order valence-electron chi connectivity index (χ1n) is 14.2. The summed E-state index contributed by atoms with van der Waals surface area (Å²) in [4.78, 5) is 55.7. The third kappa shape index (κ3) is 6.86. The number of carboxylic acids is 1. The van der Waals surface area contributed by atoms with Crippen LogP contribution in [0.3, 0.4) is 0 Å². The van der Waals surface area contributed by atoms with Crippen LogP contribution in [0, 0.1) is 6.92 Å². The lowest BCUT2D eigenvalue weighted by atomic mass is 9.98. The number of aromatic nitrogens is 2. The van der Waals surface area contributed by atoms with E-state index >= 15 is 0 Å². The van der Waals surface area contributed by atoms with Crippen LogP contribution in [0.4, 0.5) is 5.82 Å². The lowest BCUT2D eigenvalue weighted by Crippen LogP contribution is -2.21. The molecule has 1 aromatic heterocycles. The first-order valence-corrected chi connectivity index (χ1v) is 14.2. The number of aromatic carboxylic acids is 1. The van der Waals surface area contributed by atoms with Crippen molar-refractivity contribution in [1.29, 1.82) is 0 Å². The van der Waals surface area contributed by atoms with Crippen molar-refractivity contribution >= 4 is 35.5 Å². The molecule has 0 radical (unpaired) electrons. The molecule has 220 valence electrons. The monoisotopic (exact) mass is 579 g/mol. The standard InChI is InChI=1S/C33H33N5O5/c1-3-26(29(40)17-39)34-16-21-6-4-5-20(13-21)14-31(41)38-30-15-28(35-18-36-30)32(22-7-8-22)37-27-12-11-23-19(2)24(33(42)43)9-10-25(23)27/h3-6,9-10,13,15,17-18,27,34,37H,7-8,11-12,14,16H2,1-2H3,(H,42,43)(H,35,36,38,41)/b26-3-/t27-/m0/s1. The van der Waals surface area contributed by atoms with Gasteiger partial charge in [0.2, 0.25) is 11.7 Å². The molecule has 0 unspecified atom stereocenters. The van der Waals surface area contributed by atoms with Gasteiger partial charge in [0, 0.05) is 12.6 Å². The van der Waals surface area contributed by atoms with Crippen LogP contribution in [0.25, 0.3) is 5.70 Å². The molecule has 43 heavy (non-hydrogen) atoms. The molecule has 2 aliphatic carbocycles. The van der Waals surface area contributed by atoms with Gasteiger partial charge in [-0.3, -0.25) is 14.4 Å². The molecule has 1 amide bonds. The van der Waals surface area contributed by atoms with Crippen LogP contribution >= 0.6 is 0 Å². The van der Waals surface area contributed by atoms with Gasteiger partial charge in [-0.05, 0) is 79.0 Å². The van der Waals surface area contributed by atoms with E-state index in [1.165, 1.54) is 11.9 Å². The predicted octanol–water partition coefficient (Wildman–Crippen LogP) is 4.21. The molecule has 10 nitrogen and oxygen atoms in total. The number of ketones is 1. The number of benzene rings is 2. The minimum Gasteiger partial charge on any atom is -0.478 e. The quantitative estimate of drug-likeness (QED) is 0.141. The minimum absolute atomic E-state index is 0.0369. The van der Waals surface area contributed by atoms with Gasteiger partial charge in [0.05, 0.1) is 35.1 Å². The average Bonchev–Trinajstić information content (AvgIpc) is 3.75. The van der Waals surface area contributed by atoms with Crippen molar-refractivity contribution in [2.45, 2.75) is 58.5 Å². The molecule has 1 fully saturated rings. The fourth-order valence-corrected chi connectivity index (χ4v) is 5.48. The van der Waals surface area contributed by atoms with Crippen LogP contribution in [-0.2, 0) is 33.8 Å². The summed E-state index contributed by atoms with van der Waals surface area (Å²) in [5, 5.41) is 19.0. The molecular weight excluding hydrogens is 546 g/mol. The van der Waals surface area contributed by atoms with E-state index in [4.69, 9.17) is 0 Å². The summed E-state index contributed by atoms with van der Waals surface area (Å²) in [5.74, 6) is -1.37. The van der Waals surface area contributed by atoms with Crippen molar-refractivity contribution in [2.75, 3.05) is 5.32 Å². The molecule has 0 aliphatic heterocycles. The largest absolute Gasteiger partial charge is 0.478 e. The maximum atomic E-state index is 12.9. The normalized spacial score (nSPS) is 15.3. The number of amides is 1. The van der Waals surface area contributed by atoms with Gasteiger partial charge < -0.3 is 21.1 Å². The number of rotatable bonds is 12. The Bertz CT molecular complexity index is 1670. The van der Waals surface area contributed by atoms with Crippen molar-refractivity contribution in [3.63, 3.8) is 0 Å². The summed E-state index contributed by atoms with van der Waals surface area (Å²) in [6.07, 6.45) is 6.97. The molecule has 2 aromatic carbocycles. The number of anilines is 1. The maximum Gasteiger partial charge on any atom is 0.335 e. The Labute approximate surface area is 249 Å². The van der Waals surface area contributed by atoms with Crippen LogP contribution in [0.2, 0.25) is 0 Å². The number of allylic oxidation sites excluding steroid dienone is 3.